The number of ether oxygens (including phenoxy) is 1. The lowest BCUT2D eigenvalue weighted by molar-refractivity contribution is -0.917. The van der Waals surface area contributed by atoms with Crippen LogP contribution in [-0.4, -0.2) is 56.0 Å². The first-order valence-corrected chi connectivity index (χ1v) is 9.03. The number of amides is 2. The first-order valence-electron chi connectivity index (χ1n) is 9.03. The van der Waals surface area contributed by atoms with Crippen molar-refractivity contribution < 1.29 is 23.6 Å². The summed E-state index contributed by atoms with van der Waals surface area (Å²) in [7, 11) is 1.58. The van der Waals surface area contributed by atoms with Gasteiger partial charge in [0, 0.05) is 6.92 Å². The van der Waals surface area contributed by atoms with E-state index < -0.39 is 6.04 Å². The number of nitrogens with one attached hydrogen (secondary N) is 2. The second kappa shape index (κ2) is 8.98. The molecule has 2 amide bonds. The van der Waals surface area contributed by atoms with E-state index >= 15 is 0 Å². The van der Waals surface area contributed by atoms with Crippen LogP contribution in [0.15, 0.2) is 18.2 Å². The normalized spacial score (nSPS) is 16.5. The average molecular weight is 366 g/mol. The van der Waals surface area contributed by atoms with Crippen molar-refractivity contribution in [1.29, 1.82) is 0 Å². The summed E-state index contributed by atoms with van der Waals surface area (Å²) in [6, 6.07) is 4.05. The molecule has 26 heavy (non-hydrogen) atoms. The molecule has 0 unspecified atom stereocenters. The smallest absolute Gasteiger partial charge is 0.245 e. The Balaban J connectivity index is 1.95. The molecule has 0 bridgehead atoms. The van der Waals surface area contributed by atoms with Crippen LogP contribution in [0, 0.1) is 11.7 Å². The molecule has 0 radical (unpaired) electrons. The van der Waals surface area contributed by atoms with E-state index in [1.165, 1.54) is 24.0 Å². The summed E-state index contributed by atoms with van der Waals surface area (Å²) in [4.78, 5) is 27.2. The Morgan fingerprint density at radius 3 is 2.50 bits per heavy atom. The number of quaternary nitrogens is 1. The number of halogens is 1. The van der Waals surface area contributed by atoms with E-state index in [1.807, 2.05) is 18.7 Å². The van der Waals surface area contributed by atoms with E-state index in [2.05, 4.69) is 5.32 Å². The maximum atomic E-state index is 13.5. The van der Waals surface area contributed by atoms with Crippen LogP contribution in [0.3, 0.4) is 0 Å². The van der Waals surface area contributed by atoms with E-state index in [4.69, 9.17) is 4.74 Å². The molecule has 1 aromatic rings. The Morgan fingerprint density at radius 1 is 1.31 bits per heavy atom. The second-order valence-corrected chi connectivity index (χ2v) is 7.13. The van der Waals surface area contributed by atoms with E-state index in [9.17, 15) is 14.0 Å². The van der Waals surface area contributed by atoms with Gasteiger partial charge in [-0.05, 0) is 24.1 Å². The summed E-state index contributed by atoms with van der Waals surface area (Å²) in [5.41, 5.74) is 0.834. The van der Waals surface area contributed by atoms with Gasteiger partial charge in [-0.25, -0.2) is 4.39 Å². The zero-order chi connectivity index (χ0) is 19.3. The fourth-order valence-electron chi connectivity index (χ4n) is 3.30. The number of methoxy groups -OCH3 is 1. The topological polar surface area (TPSA) is 63.1 Å². The van der Waals surface area contributed by atoms with Gasteiger partial charge in [0.05, 0.1) is 38.9 Å². The predicted molar refractivity (Wildman–Crippen MR) is 96.4 cm³/mol. The number of benzene rings is 1. The molecule has 7 heteroatoms. The highest BCUT2D eigenvalue weighted by Crippen LogP contribution is 2.18. The molecule has 0 spiro atoms. The van der Waals surface area contributed by atoms with Crippen LogP contribution in [0.2, 0.25) is 0 Å². The number of hydrogen-bond donors (Lipinski definition) is 2. The monoisotopic (exact) mass is 366 g/mol. The zero-order valence-corrected chi connectivity index (χ0v) is 16.0. The highest BCUT2D eigenvalue weighted by Gasteiger charge is 2.31. The van der Waals surface area contributed by atoms with Gasteiger partial charge in [-0.2, -0.15) is 0 Å². The van der Waals surface area contributed by atoms with Crippen molar-refractivity contribution in [2.24, 2.45) is 5.92 Å². The van der Waals surface area contributed by atoms with Gasteiger partial charge in [-0.1, -0.05) is 13.8 Å². The fourth-order valence-corrected chi connectivity index (χ4v) is 3.30. The molecule has 1 aliphatic rings. The Bertz CT molecular complexity index is 643. The summed E-state index contributed by atoms with van der Waals surface area (Å²) >= 11 is 0. The third-order valence-corrected chi connectivity index (χ3v) is 4.76. The van der Waals surface area contributed by atoms with Crippen molar-refractivity contribution in [3.63, 3.8) is 0 Å². The van der Waals surface area contributed by atoms with Gasteiger partial charge in [-0.3, -0.25) is 9.59 Å². The Hall–Kier alpha value is -2.15. The minimum Gasteiger partial charge on any atom is -0.496 e. The minimum absolute atomic E-state index is 0.0300. The Morgan fingerprint density at radius 2 is 1.96 bits per heavy atom. The molecule has 0 saturated carbocycles. The summed E-state index contributed by atoms with van der Waals surface area (Å²) in [6.45, 7) is 8.72. The number of hydrogen-bond acceptors (Lipinski definition) is 3. The minimum atomic E-state index is -0.489. The summed E-state index contributed by atoms with van der Waals surface area (Å²) in [6.07, 6.45) is 0. The number of nitrogens with zero attached hydrogens (tertiary/aromatic N) is 1. The third-order valence-electron chi connectivity index (χ3n) is 4.76. The number of piperazine rings is 1. The standard InChI is InChI=1S/C19H28FN3O3/c1-13(2)18(21-14(3)24)19(25)23-9-7-22(8-10-23)12-15-11-16(20)5-6-17(15)26-4/h5-6,11,13,18H,7-10,12H2,1-4H3,(H,21,24)/p+1/t18-/m0/s1. The molecule has 1 atom stereocenters. The molecule has 0 aliphatic carbocycles. The SMILES string of the molecule is COc1ccc(F)cc1C[NH+]1CCN(C(=O)[C@@H](NC(C)=O)C(C)C)CC1. The zero-order valence-electron chi connectivity index (χ0n) is 16.0. The van der Waals surface area contributed by atoms with Crippen molar-refractivity contribution in [2.75, 3.05) is 33.3 Å². The molecule has 1 fully saturated rings. The molecule has 2 N–H and O–H groups in total. The van der Waals surface area contributed by atoms with Crippen LogP contribution in [0.1, 0.15) is 26.3 Å². The molecular weight excluding hydrogens is 337 g/mol. The molecule has 6 nitrogen and oxygen atoms in total. The number of carbonyl (C=O) groups excluding carboxylic acids is 2. The summed E-state index contributed by atoms with van der Waals surface area (Å²) in [5, 5.41) is 2.75. The van der Waals surface area contributed by atoms with Gasteiger partial charge >= 0.3 is 0 Å². The molecule has 1 heterocycles. The highest BCUT2D eigenvalue weighted by molar-refractivity contribution is 5.87. The van der Waals surface area contributed by atoms with Gasteiger partial charge < -0.3 is 19.9 Å². The molecule has 1 saturated heterocycles. The average Bonchev–Trinajstić information content (AvgIpc) is 2.59. The molecule has 2 rings (SSSR count). The lowest BCUT2D eigenvalue weighted by Crippen LogP contribution is -3.13. The molecule has 0 aromatic heterocycles. The Labute approximate surface area is 154 Å². The van der Waals surface area contributed by atoms with Gasteiger partial charge in [0.2, 0.25) is 11.8 Å². The van der Waals surface area contributed by atoms with Gasteiger partial charge in [0.25, 0.3) is 0 Å². The maximum absolute atomic E-state index is 13.5. The van der Waals surface area contributed by atoms with Gasteiger partial charge in [0.15, 0.2) is 0 Å². The predicted octanol–water partition coefficient (Wildman–Crippen LogP) is 0.222. The van der Waals surface area contributed by atoms with Crippen LogP contribution in [0.5, 0.6) is 5.75 Å². The molecule has 1 aliphatic heterocycles. The number of rotatable bonds is 6. The second-order valence-electron chi connectivity index (χ2n) is 7.13. The molecular formula is C19H29FN3O3+. The third kappa shape index (κ3) is 5.17. The maximum Gasteiger partial charge on any atom is 0.245 e. The van der Waals surface area contributed by atoms with Crippen LogP contribution in [0.4, 0.5) is 4.39 Å². The van der Waals surface area contributed by atoms with Crippen LogP contribution in [0.25, 0.3) is 0 Å². The van der Waals surface area contributed by atoms with E-state index in [1.54, 1.807) is 13.2 Å². The quantitative estimate of drug-likeness (QED) is 0.757. The lowest BCUT2D eigenvalue weighted by atomic mass is 10.0. The van der Waals surface area contributed by atoms with E-state index in [0.717, 1.165) is 18.7 Å². The van der Waals surface area contributed by atoms with Crippen molar-refractivity contribution in [3.8, 4) is 5.75 Å². The summed E-state index contributed by atoms with van der Waals surface area (Å²) < 4.78 is 18.8. The largest absolute Gasteiger partial charge is 0.496 e. The van der Waals surface area contributed by atoms with E-state index in [0.29, 0.717) is 25.4 Å². The van der Waals surface area contributed by atoms with Crippen LogP contribution in [-0.2, 0) is 16.1 Å². The van der Waals surface area contributed by atoms with Crippen LogP contribution < -0.4 is 15.0 Å². The van der Waals surface area contributed by atoms with Gasteiger partial charge in [-0.15, -0.1) is 0 Å². The Kier molecular flexibility index (Phi) is 6.97. The number of carbonyl (C=O) groups is 2. The lowest BCUT2D eigenvalue weighted by Gasteiger charge is -2.35. The fraction of sp³-hybridized carbons (Fsp3) is 0.579. The van der Waals surface area contributed by atoms with Crippen molar-refractivity contribution >= 4 is 11.8 Å². The highest BCUT2D eigenvalue weighted by atomic mass is 19.1. The van der Waals surface area contributed by atoms with Crippen LogP contribution >= 0.6 is 0 Å². The molecule has 1 aromatic carbocycles. The van der Waals surface area contributed by atoms with Crippen molar-refractivity contribution in [1.82, 2.24) is 10.2 Å². The first kappa shape index (κ1) is 20.2. The van der Waals surface area contributed by atoms with Crippen molar-refractivity contribution in [3.05, 3.63) is 29.6 Å². The molecule has 144 valence electrons. The van der Waals surface area contributed by atoms with Crippen molar-refractivity contribution in [2.45, 2.75) is 33.4 Å². The van der Waals surface area contributed by atoms with E-state index in [-0.39, 0.29) is 23.5 Å². The summed E-state index contributed by atoms with van der Waals surface area (Å²) in [5.74, 6) is 0.220. The van der Waals surface area contributed by atoms with Gasteiger partial charge in [0.1, 0.15) is 24.2 Å². The first-order chi connectivity index (χ1) is 12.3.